The van der Waals surface area contributed by atoms with E-state index >= 15 is 0 Å². The predicted molar refractivity (Wildman–Crippen MR) is 217 cm³/mol. The molecule has 0 bridgehead atoms. The van der Waals surface area contributed by atoms with Gasteiger partial charge in [-0.1, -0.05) is 109 Å². The Kier molecular flexibility index (Phi) is 7.18. The maximum absolute atomic E-state index is 14.2. The fourth-order valence-electron chi connectivity index (χ4n) is 7.46. The van der Waals surface area contributed by atoms with Crippen molar-refractivity contribution in [2.24, 2.45) is 0 Å². The molecule has 3 aromatic heterocycles. The third-order valence-corrected chi connectivity index (χ3v) is 11.0. The molecule has 10 rings (SSSR count). The number of rotatable bonds is 6. The smallest absolute Gasteiger partial charge is 0.214 e. The molecule has 7 aromatic carbocycles. The summed E-state index contributed by atoms with van der Waals surface area (Å²) in [6, 6.07) is 63.2. The largest absolute Gasteiger partial charge is 0.310 e. The third-order valence-electron chi connectivity index (χ3n) is 9.91. The SMILES string of the molecule is Fc1cccc(-n2c3ccccc3c3cc(-c4ccc(N(c5ccc(-c6ccccc6)cc5)c5ccc6c(c5)sc5ccccc56)cc4)ccc32)n1. The van der Waals surface area contributed by atoms with Gasteiger partial charge < -0.3 is 4.90 Å². The van der Waals surface area contributed by atoms with Crippen molar-refractivity contribution in [2.45, 2.75) is 0 Å². The second kappa shape index (κ2) is 12.3. The lowest BCUT2D eigenvalue weighted by Gasteiger charge is -2.26. The van der Waals surface area contributed by atoms with E-state index in [1.807, 2.05) is 40.2 Å². The van der Waals surface area contributed by atoms with Gasteiger partial charge in [-0.05, 0) is 95.1 Å². The first-order valence-corrected chi connectivity index (χ1v) is 18.1. The van der Waals surface area contributed by atoms with Crippen LogP contribution in [0.3, 0.4) is 0 Å². The monoisotopic (exact) mass is 687 g/mol. The van der Waals surface area contributed by atoms with Gasteiger partial charge in [0.05, 0.1) is 11.0 Å². The van der Waals surface area contributed by atoms with Crippen LogP contribution in [0.25, 0.3) is 70.0 Å². The fourth-order valence-corrected chi connectivity index (χ4v) is 8.60. The van der Waals surface area contributed by atoms with E-state index in [0.29, 0.717) is 5.82 Å². The van der Waals surface area contributed by atoms with Crippen molar-refractivity contribution in [3.05, 3.63) is 188 Å². The van der Waals surface area contributed by atoms with E-state index in [0.717, 1.165) is 50.0 Å². The molecule has 0 aliphatic heterocycles. The summed E-state index contributed by atoms with van der Waals surface area (Å²) in [7, 11) is 0. The van der Waals surface area contributed by atoms with Crippen LogP contribution in [-0.4, -0.2) is 9.55 Å². The summed E-state index contributed by atoms with van der Waals surface area (Å²) in [6.45, 7) is 0. The second-order valence-corrected chi connectivity index (χ2v) is 14.1. The lowest BCUT2D eigenvalue weighted by atomic mass is 10.0. The van der Waals surface area contributed by atoms with Crippen LogP contribution in [0.15, 0.2) is 182 Å². The van der Waals surface area contributed by atoms with Gasteiger partial charge in [0.25, 0.3) is 0 Å². The molecule has 0 aliphatic carbocycles. The number of hydrogen-bond acceptors (Lipinski definition) is 3. The Hall–Kier alpha value is -6.56. The van der Waals surface area contributed by atoms with Gasteiger partial charge in [0.2, 0.25) is 5.95 Å². The highest BCUT2D eigenvalue weighted by Crippen LogP contribution is 2.42. The first kappa shape index (κ1) is 30.3. The molecule has 0 radical (unpaired) electrons. The molecule has 5 heteroatoms. The summed E-state index contributed by atoms with van der Waals surface area (Å²) in [4.78, 5) is 6.55. The standard InChI is InChI=1S/C47H30FN3S/c48-46-15-8-16-47(49-46)51-42-13-6-4-11-38(42)41-29-34(21-28-43(41)51)33-19-24-36(25-20-33)50(35-22-17-32(18-23-35)31-9-2-1-3-10-31)37-26-27-40-39-12-5-7-14-44(39)52-45(40)30-37/h1-30H. The second-order valence-electron chi connectivity index (χ2n) is 13.0. The molecule has 3 nitrogen and oxygen atoms in total. The van der Waals surface area contributed by atoms with Crippen molar-refractivity contribution >= 4 is 70.4 Å². The zero-order valence-corrected chi connectivity index (χ0v) is 28.8. The van der Waals surface area contributed by atoms with Crippen LogP contribution >= 0.6 is 11.3 Å². The van der Waals surface area contributed by atoms with Crippen LogP contribution in [0.4, 0.5) is 21.5 Å². The lowest BCUT2D eigenvalue weighted by molar-refractivity contribution is 0.581. The normalized spacial score (nSPS) is 11.6. The Morgan fingerprint density at radius 1 is 0.423 bits per heavy atom. The Morgan fingerprint density at radius 3 is 1.79 bits per heavy atom. The van der Waals surface area contributed by atoms with E-state index in [1.54, 1.807) is 6.07 Å². The molecule has 0 atom stereocenters. The van der Waals surface area contributed by atoms with E-state index in [4.69, 9.17) is 0 Å². The number of aromatic nitrogens is 2. The number of hydrogen-bond donors (Lipinski definition) is 0. The molecule has 10 aromatic rings. The van der Waals surface area contributed by atoms with Crippen molar-refractivity contribution < 1.29 is 4.39 Å². The van der Waals surface area contributed by atoms with Gasteiger partial charge in [-0.25, -0.2) is 4.98 Å². The molecule has 0 spiro atoms. The zero-order valence-electron chi connectivity index (χ0n) is 27.9. The van der Waals surface area contributed by atoms with Gasteiger partial charge in [-0.15, -0.1) is 11.3 Å². The molecule has 0 fully saturated rings. The van der Waals surface area contributed by atoms with Gasteiger partial charge in [0.1, 0.15) is 5.82 Å². The number of halogens is 1. The van der Waals surface area contributed by atoms with E-state index in [2.05, 4.69) is 155 Å². The Bertz CT molecular complexity index is 2910. The Morgan fingerprint density at radius 2 is 1.02 bits per heavy atom. The number of nitrogens with zero attached hydrogens (tertiary/aromatic N) is 3. The van der Waals surface area contributed by atoms with E-state index in [-0.39, 0.29) is 0 Å². The third kappa shape index (κ3) is 5.13. The number of benzene rings is 7. The molecule has 52 heavy (non-hydrogen) atoms. The van der Waals surface area contributed by atoms with Crippen molar-refractivity contribution in [2.75, 3.05) is 4.90 Å². The molecular formula is C47H30FN3S. The number of thiophene rings is 1. The summed E-state index contributed by atoms with van der Waals surface area (Å²) >= 11 is 1.83. The maximum Gasteiger partial charge on any atom is 0.214 e. The van der Waals surface area contributed by atoms with Gasteiger partial charge in [0, 0.05) is 48.0 Å². The fraction of sp³-hybridized carbons (Fsp3) is 0. The first-order chi connectivity index (χ1) is 25.7. The van der Waals surface area contributed by atoms with Gasteiger partial charge >= 0.3 is 0 Å². The molecular weight excluding hydrogens is 658 g/mol. The minimum atomic E-state index is -0.495. The topological polar surface area (TPSA) is 21.1 Å². The molecule has 0 saturated heterocycles. The highest BCUT2D eigenvalue weighted by molar-refractivity contribution is 7.25. The average Bonchev–Trinajstić information content (AvgIpc) is 3.74. The quantitative estimate of drug-likeness (QED) is 0.162. The van der Waals surface area contributed by atoms with Gasteiger partial charge in [0.15, 0.2) is 0 Å². The van der Waals surface area contributed by atoms with E-state index in [1.165, 1.54) is 37.4 Å². The Balaban J connectivity index is 1.07. The van der Waals surface area contributed by atoms with Crippen LogP contribution < -0.4 is 4.90 Å². The summed E-state index contributed by atoms with van der Waals surface area (Å²) in [5.74, 6) is 0.0686. The van der Waals surface area contributed by atoms with E-state index < -0.39 is 5.95 Å². The first-order valence-electron chi connectivity index (χ1n) is 17.3. The van der Waals surface area contributed by atoms with Crippen LogP contribution in [-0.2, 0) is 0 Å². The van der Waals surface area contributed by atoms with Crippen LogP contribution in [0.1, 0.15) is 0 Å². The number of fused-ring (bicyclic) bond motifs is 6. The summed E-state index contributed by atoms with van der Waals surface area (Å²) in [5, 5.41) is 4.78. The average molecular weight is 688 g/mol. The molecule has 246 valence electrons. The molecule has 0 N–H and O–H groups in total. The highest BCUT2D eigenvalue weighted by atomic mass is 32.1. The molecule has 0 aliphatic rings. The number of para-hydroxylation sites is 1. The van der Waals surface area contributed by atoms with E-state index in [9.17, 15) is 4.39 Å². The predicted octanol–water partition coefficient (Wildman–Crippen LogP) is 13.5. The minimum absolute atomic E-state index is 0.495. The van der Waals surface area contributed by atoms with Crippen molar-refractivity contribution in [3.8, 4) is 28.1 Å². The maximum atomic E-state index is 14.2. The molecule has 0 amide bonds. The molecule has 0 saturated carbocycles. The van der Waals surface area contributed by atoms with Crippen molar-refractivity contribution in [1.82, 2.24) is 9.55 Å². The molecule has 3 heterocycles. The lowest BCUT2D eigenvalue weighted by Crippen LogP contribution is -2.09. The minimum Gasteiger partial charge on any atom is -0.310 e. The van der Waals surface area contributed by atoms with Crippen molar-refractivity contribution in [1.29, 1.82) is 0 Å². The van der Waals surface area contributed by atoms with Crippen LogP contribution in [0.5, 0.6) is 0 Å². The summed E-state index contributed by atoms with van der Waals surface area (Å²) in [5.41, 5.74) is 9.87. The molecule has 0 unspecified atom stereocenters. The number of anilines is 3. The summed E-state index contributed by atoms with van der Waals surface area (Å²) in [6.07, 6.45) is 0. The zero-order chi connectivity index (χ0) is 34.6. The number of pyridine rings is 1. The van der Waals surface area contributed by atoms with Gasteiger partial charge in [-0.2, -0.15) is 4.39 Å². The van der Waals surface area contributed by atoms with Gasteiger partial charge in [-0.3, -0.25) is 4.57 Å². The van der Waals surface area contributed by atoms with Crippen LogP contribution in [0, 0.1) is 5.95 Å². The summed E-state index contributed by atoms with van der Waals surface area (Å²) < 4.78 is 18.8. The highest BCUT2D eigenvalue weighted by Gasteiger charge is 2.17. The van der Waals surface area contributed by atoms with Crippen LogP contribution in [0.2, 0.25) is 0 Å². The Labute approximate surface area is 304 Å². The van der Waals surface area contributed by atoms with Crippen molar-refractivity contribution in [3.63, 3.8) is 0 Å².